The van der Waals surface area contributed by atoms with E-state index in [4.69, 9.17) is 4.74 Å². The van der Waals surface area contributed by atoms with E-state index in [0.29, 0.717) is 6.54 Å². The van der Waals surface area contributed by atoms with E-state index >= 15 is 0 Å². The fourth-order valence-electron chi connectivity index (χ4n) is 2.45. The minimum atomic E-state index is 0.0488. The summed E-state index contributed by atoms with van der Waals surface area (Å²) in [5, 5.41) is 3.12. The molecule has 4 nitrogen and oxygen atoms in total. The molecule has 19 heavy (non-hydrogen) atoms. The third-order valence-electron chi connectivity index (χ3n) is 3.49. The van der Waals surface area contributed by atoms with Crippen molar-refractivity contribution < 1.29 is 9.53 Å². The standard InChI is InChI=1S/C15H22N2O2/c1-11-4-5-14(12(2)8-11)17-9-13(6-7-16-3)19-10-15(17)18/h4-5,8,13,16H,6-7,9-10H2,1-3H3. The molecule has 0 aromatic heterocycles. The summed E-state index contributed by atoms with van der Waals surface area (Å²) in [5.41, 5.74) is 3.37. The van der Waals surface area contributed by atoms with E-state index in [2.05, 4.69) is 18.3 Å². The van der Waals surface area contributed by atoms with E-state index in [0.717, 1.165) is 24.2 Å². The van der Waals surface area contributed by atoms with Gasteiger partial charge >= 0.3 is 0 Å². The Kier molecular flexibility index (Phi) is 4.56. The summed E-state index contributed by atoms with van der Waals surface area (Å²) in [6.45, 7) is 5.84. The number of rotatable bonds is 4. The first-order chi connectivity index (χ1) is 9.11. The second-order valence-corrected chi connectivity index (χ2v) is 5.12. The molecular weight excluding hydrogens is 240 g/mol. The number of aryl methyl sites for hydroxylation is 2. The third-order valence-corrected chi connectivity index (χ3v) is 3.49. The molecule has 0 aliphatic carbocycles. The molecule has 0 spiro atoms. The summed E-state index contributed by atoms with van der Waals surface area (Å²) >= 11 is 0. The summed E-state index contributed by atoms with van der Waals surface area (Å²) < 4.78 is 5.58. The van der Waals surface area contributed by atoms with Crippen LogP contribution in [-0.2, 0) is 9.53 Å². The van der Waals surface area contributed by atoms with Crippen molar-refractivity contribution in [3.63, 3.8) is 0 Å². The van der Waals surface area contributed by atoms with Gasteiger partial charge in [0.05, 0.1) is 12.6 Å². The number of benzene rings is 1. The van der Waals surface area contributed by atoms with Gasteiger partial charge in [0, 0.05) is 5.69 Å². The number of carbonyl (C=O) groups is 1. The van der Waals surface area contributed by atoms with Gasteiger partial charge in [0.15, 0.2) is 0 Å². The van der Waals surface area contributed by atoms with Crippen LogP contribution in [0.15, 0.2) is 18.2 Å². The van der Waals surface area contributed by atoms with Crippen molar-refractivity contribution in [2.75, 3.05) is 31.6 Å². The fourth-order valence-corrected chi connectivity index (χ4v) is 2.45. The van der Waals surface area contributed by atoms with Crippen molar-refractivity contribution in [2.24, 2.45) is 0 Å². The summed E-state index contributed by atoms with van der Waals surface area (Å²) in [4.78, 5) is 13.9. The van der Waals surface area contributed by atoms with E-state index in [1.165, 1.54) is 5.56 Å². The van der Waals surface area contributed by atoms with Gasteiger partial charge in [-0.25, -0.2) is 0 Å². The lowest BCUT2D eigenvalue weighted by molar-refractivity contribution is -0.129. The number of nitrogens with zero attached hydrogens (tertiary/aromatic N) is 1. The molecule has 1 N–H and O–H groups in total. The van der Waals surface area contributed by atoms with Gasteiger partial charge in [-0.3, -0.25) is 4.79 Å². The molecule has 1 fully saturated rings. The molecule has 1 atom stereocenters. The number of carbonyl (C=O) groups excluding carboxylic acids is 1. The smallest absolute Gasteiger partial charge is 0.253 e. The van der Waals surface area contributed by atoms with E-state index < -0.39 is 0 Å². The predicted octanol–water partition coefficient (Wildman–Crippen LogP) is 1.64. The maximum atomic E-state index is 12.0. The largest absolute Gasteiger partial charge is 0.366 e. The van der Waals surface area contributed by atoms with Crippen molar-refractivity contribution in [2.45, 2.75) is 26.4 Å². The molecule has 1 aliphatic heterocycles. The highest BCUT2D eigenvalue weighted by Gasteiger charge is 2.27. The highest BCUT2D eigenvalue weighted by atomic mass is 16.5. The minimum absolute atomic E-state index is 0.0488. The van der Waals surface area contributed by atoms with Crippen LogP contribution < -0.4 is 10.2 Å². The predicted molar refractivity (Wildman–Crippen MR) is 76.6 cm³/mol. The Morgan fingerprint density at radius 3 is 2.89 bits per heavy atom. The number of hydrogen-bond donors (Lipinski definition) is 1. The van der Waals surface area contributed by atoms with Crippen molar-refractivity contribution in [1.29, 1.82) is 0 Å². The Morgan fingerprint density at radius 1 is 1.42 bits per heavy atom. The van der Waals surface area contributed by atoms with E-state index in [1.54, 1.807) is 0 Å². The van der Waals surface area contributed by atoms with E-state index in [9.17, 15) is 4.79 Å². The van der Waals surface area contributed by atoms with Gasteiger partial charge in [-0.2, -0.15) is 0 Å². The normalized spacial score (nSPS) is 19.8. The molecule has 1 aromatic rings. The quantitative estimate of drug-likeness (QED) is 0.897. The lowest BCUT2D eigenvalue weighted by atomic mass is 10.1. The van der Waals surface area contributed by atoms with Crippen LogP contribution >= 0.6 is 0 Å². The maximum Gasteiger partial charge on any atom is 0.253 e. The van der Waals surface area contributed by atoms with Crippen molar-refractivity contribution in [3.05, 3.63) is 29.3 Å². The zero-order chi connectivity index (χ0) is 13.8. The van der Waals surface area contributed by atoms with E-state index in [1.807, 2.05) is 31.0 Å². The van der Waals surface area contributed by atoms with Crippen LogP contribution in [0.3, 0.4) is 0 Å². The summed E-state index contributed by atoms with van der Waals surface area (Å²) in [7, 11) is 1.93. The lowest BCUT2D eigenvalue weighted by Crippen LogP contribution is -2.47. The molecule has 1 unspecified atom stereocenters. The number of morpholine rings is 1. The second kappa shape index (κ2) is 6.17. The first-order valence-corrected chi connectivity index (χ1v) is 6.75. The second-order valence-electron chi connectivity index (χ2n) is 5.12. The van der Waals surface area contributed by atoms with Gasteiger partial charge in [0.1, 0.15) is 6.61 Å². The van der Waals surface area contributed by atoms with Crippen molar-refractivity contribution >= 4 is 11.6 Å². The van der Waals surface area contributed by atoms with Gasteiger partial charge in [-0.15, -0.1) is 0 Å². The van der Waals surface area contributed by atoms with Gasteiger partial charge in [0.2, 0.25) is 0 Å². The Labute approximate surface area is 114 Å². The summed E-state index contributed by atoms with van der Waals surface area (Å²) in [6.07, 6.45) is 1.04. The lowest BCUT2D eigenvalue weighted by Gasteiger charge is -2.33. The SMILES string of the molecule is CNCCC1CN(c2ccc(C)cc2C)C(=O)CO1. The number of amides is 1. The van der Waals surface area contributed by atoms with E-state index in [-0.39, 0.29) is 18.6 Å². The van der Waals surface area contributed by atoms with Crippen LogP contribution in [0.25, 0.3) is 0 Å². The fraction of sp³-hybridized carbons (Fsp3) is 0.533. The molecule has 1 heterocycles. The number of nitrogens with one attached hydrogen (secondary N) is 1. The molecule has 104 valence electrons. The molecule has 1 amide bonds. The Hall–Kier alpha value is -1.39. The highest BCUT2D eigenvalue weighted by molar-refractivity contribution is 5.95. The number of ether oxygens (including phenoxy) is 1. The molecule has 2 rings (SSSR count). The molecule has 1 saturated heterocycles. The van der Waals surface area contributed by atoms with Crippen LogP contribution in [-0.4, -0.2) is 38.8 Å². The van der Waals surface area contributed by atoms with Crippen LogP contribution in [0.5, 0.6) is 0 Å². The molecule has 4 heteroatoms. The zero-order valence-corrected chi connectivity index (χ0v) is 11.9. The van der Waals surface area contributed by atoms with Gasteiger partial charge < -0.3 is 15.0 Å². The molecular formula is C15H22N2O2. The van der Waals surface area contributed by atoms with Gasteiger partial charge in [0.25, 0.3) is 5.91 Å². The minimum Gasteiger partial charge on any atom is -0.366 e. The van der Waals surface area contributed by atoms with Gasteiger partial charge in [-0.05, 0) is 45.5 Å². The molecule has 0 bridgehead atoms. The summed E-state index contributed by atoms with van der Waals surface area (Å²) in [5.74, 6) is 0.0488. The first kappa shape index (κ1) is 14.0. The monoisotopic (exact) mass is 262 g/mol. The number of hydrogen-bond acceptors (Lipinski definition) is 3. The summed E-state index contributed by atoms with van der Waals surface area (Å²) in [6, 6.07) is 6.19. The zero-order valence-electron chi connectivity index (χ0n) is 11.9. The molecule has 1 aliphatic rings. The molecule has 1 aromatic carbocycles. The maximum absolute atomic E-state index is 12.0. The topological polar surface area (TPSA) is 41.6 Å². The Morgan fingerprint density at radius 2 is 2.21 bits per heavy atom. The molecule has 0 radical (unpaired) electrons. The highest BCUT2D eigenvalue weighted by Crippen LogP contribution is 2.24. The van der Waals surface area contributed by atoms with Crippen LogP contribution in [0, 0.1) is 13.8 Å². The van der Waals surface area contributed by atoms with Crippen molar-refractivity contribution in [1.82, 2.24) is 5.32 Å². The third kappa shape index (κ3) is 3.33. The average molecular weight is 262 g/mol. The van der Waals surface area contributed by atoms with Crippen molar-refractivity contribution in [3.8, 4) is 0 Å². The van der Waals surface area contributed by atoms with Crippen LogP contribution in [0.1, 0.15) is 17.5 Å². The van der Waals surface area contributed by atoms with Crippen LogP contribution in [0.2, 0.25) is 0 Å². The first-order valence-electron chi connectivity index (χ1n) is 6.75. The van der Waals surface area contributed by atoms with Gasteiger partial charge in [-0.1, -0.05) is 17.7 Å². The Bertz CT molecular complexity index is 459. The Balaban J connectivity index is 2.14. The molecule has 0 saturated carbocycles. The average Bonchev–Trinajstić information content (AvgIpc) is 2.38. The van der Waals surface area contributed by atoms with Crippen LogP contribution in [0.4, 0.5) is 5.69 Å². The number of anilines is 1.